The average molecular weight is 277 g/mol. The summed E-state index contributed by atoms with van der Waals surface area (Å²) >= 11 is 2.03. The SMILES string of the molecule is CC(C)NC1c2cc(C(C)C)ccc2SC(C)C1C. The monoisotopic (exact) mass is 277 g/mol. The van der Waals surface area contributed by atoms with Gasteiger partial charge >= 0.3 is 0 Å². The topological polar surface area (TPSA) is 12.0 Å². The Labute approximate surface area is 122 Å². The quantitative estimate of drug-likeness (QED) is 0.836. The summed E-state index contributed by atoms with van der Waals surface area (Å²) in [7, 11) is 0. The van der Waals surface area contributed by atoms with E-state index in [9.17, 15) is 0 Å². The van der Waals surface area contributed by atoms with Crippen molar-refractivity contribution in [2.75, 3.05) is 0 Å². The lowest BCUT2D eigenvalue weighted by atomic mass is 9.88. The molecule has 0 spiro atoms. The lowest BCUT2D eigenvalue weighted by Crippen LogP contribution is -2.38. The normalized spacial score (nSPS) is 26.8. The van der Waals surface area contributed by atoms with Crippen molar-refractivity contribution in [2.45, 2.75) is 69.7 Å². The first-order valence-electron chi connectivity index (χ1n) is 7.46. The summed E-state index contributed by atoms with van der Waals surface area (Å²) in [4.78, 5) is 1.47. The fraction of sp³-hybridized carbons (Fsp3) is 0.647. The number of rotatable bonds is 3. The molecule has 3 atom stereocenters. The van der Waals surface area contributed by atoms with Crippen LogP contribution in [-0.4, -0.2) is 11.3 Å². The molecule has 2 heteroatoms. The Morgan fingerprint density at radius 1 is 1.11 bits per heavy atom. The van der Waals surface area contributed by atoms with Crippen LogP contribution in [0.1, 0.15) is 64.6 Å². The van der Waals surface area contributed by atoms with Crippen molar-refractivity contribution in [1.82, 2.24) is 5.32 Å². The fourth-order valence-corrected chi connectivity index (χ4v) is 3.98. The zero-order valence-electron chi connectivity index (χ0n) is 13.0. The molecular formula is C17H27NS. The van der Waals surface area contributed by atoms with Crippen LogP contribution in [0.5, 0.6) is 0 Å². The van der Waals surface area contributed by atoms with E-state index in [2.05, 4.69) is 65.1 Å². The maximum absolute atomic E-state index is 3.77. The maximum atomic E-state index is 3.77. The van der Waals surface area contributed by atoms with E-state index in [1.54, 1.807) is 0 Å². The molecule has 1 heterocycles. The molecule has 0 fully saturated rings. The molecule has 1 nitrogen and oxygen atoms in total. The lowest BCUT2D eigenvalue weighted by molar-refractivity contribution is 0.348. The van der Waals surface area contributed by atoms with Gasteiger partial charge in [0.2, 0.25) is 0 Å². The predicted molar refractivity (Wildman–Crippen MR) is 86.0 cm³/mol. The van der Waals surface area contributed by atoms with Gasteiger partial charge in [-0.1, -0.05) is 53.7 Å². The third kappa shape index (κ3) is 3.17. The van der Waals surface area contributed by atoms with Crippen molar-refractivity contribution in [1.29, 1.82) is 0 Å². The van der Waals surface area contributed by atoms with Crippen LogP contribution in [0, 0.1) is 5.92 Å². The van der Waals surface area contributed by atoms with Crippen LogP contribution in [0.3, 0.4) is 0 Å². The highest BCUT2D eigenvalue weighted by Gasteiger charge is 2.32. The van der Waals surface area contributed by atoms with Gasteiger partial charge in [-0.25, -0.2) is 0 Å². The molecule has 0 saturated carbocycles. The van der Waals surface area contributed by atoms with E-state index in [-0.39, 0.29) is 0 Å². The smallest absolute Gasteiger partial charge is 0.0369 e. The van der Waals surface area contributed by atoms with E-state index in [1.807, 2.05) is 11.8 Å². The minimum Gasteiger partial charge on any atom is -0.307 e. The van der Waals surface area contributed by atoms with Crippen LogP contribution in [0.2, 0.25) is 0 Å². The summed E-state index contributed by atoms with van der Waals surface area (Å²) in [6.07, 6.45) is 0. The van der Waals surface area contributed by atoms with Gasteiger partial charge in [-0.05, 0) is 29.0 Å². The molecule has 0 bridgehead atoms. The minimum absolute atomic E-state index is 0.491. The summed E-state index contributed by atoms with van der Waals surface area (Å²) in [6.45, 7) is 13.8. The van der Waals surface area contributed by atoms with E-state index in [1.165, 1.54) is 16.0 Å². The summed E-state index contributed by atoms with van der Waals surface area (Å²) in [6, 6.07) is 8.07. The molecular weight excluding hydrogens is 250 g/mol. The summed E-state index contributed by atoms with van der Waals surface area (Å²) in [5.41, 5.74) is 2.96. The molecule has 19 heavy (non-hydrogen) atoms. The van der Waals surface area contributed by atoms with Gasteiger partial charge < -0.3 is 5.32 Å². The van der Waals surface area contributed by atoms with Crippen molar-refractivity contribution in [3.05, 3.63) is 29.3 Å². The molecule has 2 rings (SSSR count). The second-order valence-corrected chi connectivity index (χ2v) is 7.85. The molecule has 1 aromatic carbocycles. The Morgan fingerprint density at radius 2 is 1.79 bits per heavy atom. The minimum atomic E-state index is 0.491. The van der Waals surface area contributed by atoms with Crippen molar-refractivity contribution in [2.24, 2.45) is 5.92 Å². The van der Waals surface area contributed by atoms with E-state index in [0.717, 1.165) is 0 Å². The van der Waals surface area contributed by atoms with Crippen LogP contribution in [-0.2, 0) is 0 Å². The number of benzene rings is 1. The number of nitrogens with one attached hydrogen (secondary N) is 1. The molecule has 1 aliphatic rings. The van der Waals surface area contributed by atoms with E-state index in [0.29, 0.717) is 29.2 Å². The Kier molecular flexibility index (Phi) is 4.62. The van der Waals surface area contributed by atoms with E-state index < -0.39 is 0 Å². The number of thioether (sulfide) groups is 1. The molecule has 0 amide bonds. The molecule has 1 aliphatic heterocycles. The van der Waals surface area contributed by atoms with Gasteiger partial charge in [0.1, 0.15) is 0 Å². The number of hydrogen-bond acceptors (Lipinski definition) is 2. The molecule has 1 N–H and O–H groups in total. The Hall–Kier alpha value is -0.470. The van der Waals surface area contributed by atoms with Gasteiger partial charge in [-0.3, -0.25) is 0 Å². The summed E-state index contributed by atoms with van der Waals surface area (Å²) in [5.74, 6) is 1.27. The van der Waals surface area contributed by atoms with Crippen molar-refractivity contribution in [3.63, 3.8) is 0 Å². The van der Waals surface area contributed by atoms with Gasteiger partial charge in [0.05, 0.1) is 0 Å². The third-order valence-corrected chi connectivity index (χ3v) is 5.55. The van der Waals surface area contributed by atoms with Crippen molar-refractivity contribution < 1.29 is 0 Å². The van der Waals surface area contributed by atoms with Crippen LogP contribution >= 0.6 is 11.8 Å². The highest BCUT2D eigenvalue weighted by Crippen LogP contribution is 2.45. The van der Waals surface area contributed by atoms with Gasteiger partial charge in [-0.15, -0.1) is 11.8 Å². The maximum Gasteiger partial charge on any atom is 0.0369 e. The summed E-state index contributed by atoms with van der Waals surface area (Å²) < 4.78 is 0. The third-order valence-electron chi connectivity index (χ3n) is 4.13. The zero-order valence-corrected chi connectivity index (χ0v) is 13.8. The van der Waals surface area contributed by atoms with Gasteiger partial charge in [0, 0.05) is 22.2 Å². The van der Waals surface area contributed by atoms with Gasteiger partial charge in [0.25, 0.3) is 0 Å². The van der Waals surface area contributed by atoms with Gasteiger partial charge in [-0.2, -0.15) is 0 Å². The molecule has 1 aromatic rings. The Balaban J connectivity index is 2.41. The Bertz CT molecular complexity index is 439. The van der Waals surface area contributed by atoms with Crippen LogP contribution in [0.15, 0.2) is 23.1 Å². The second-order valence-electron chi connectivity index (χ2n) is 6.43. The molecule has 3 unspecified atom stereocenters. The van der Waals surface area contributed by atoms with Crippen LogP contribution in [0.25, 0.3) is 0 Å². The summed E-state index contributed by atoms with van der Waals surface area (Å²) in [5, 5.41) is 4.45. The molecule has 0 aliphatic carbocycles. The molecule has 0 radical (unpaired) electrons. The second kappa shape index (κ2) is 5.88. The lowest BCUT2D eigenvalue weighted by Gasteiger charge is -2.37. The highest BCUT2D eigenvalue weighted by molar-refractivity contribution is 8.00. The molecule has 0 aromatic heterocycles. The Morgan fingerprint density at radius 3 is 2.37 bits per heavy atom. The largest absolute Gasteiger partial charge is 0.307 e. The standard InChI is InChI=1S/C17H27NS/c1-10(2)14-7-8-16-15(9-14)17(18-11(3)4)12(5)13(6)19-16/h7-13,17-18H,1-6H3. The highest BCUT2D eigenvalue weighted by atomic mass is 32.2. The first-order valence-corrected chi connectivity index (χ1v) is 8.34. The number of hydrogen-bond donors (Lipinski definition) is 1. The van der Waals surface area contributed by atoms with Crippen LogP contribution < -0.4 is 5.32 Å². The van der Waals surface area contributed by atoms with Crippen molar-refractivity contribution >= 4 is 11.8 Å². The van der Waals surface area contributed by atoms with Crippen molar-refractivity contribution in [3.8, 4) is 0 Å². The average Bonchev–Trinajstić information content (AvgIpc) is 2.34. The molecule has 0 saturated heterocycles. The van der Waals surface area contributed by atoms with Gasteiger partial charge in [0.15, 0.2) is 0 Å². The van der Waals surface area contributed by atoms with Crippen LogP contribution in [0.4, 0.5) is 0 Å². The van der Waals surface area contributed by atoms with E-state index >= 15 is 0 Å². The predicted octanol–water partition coefficient (Wildman–Crippen LogP) is 4.98. The fourth-order valence-electron chi connectivity index (χ4n) is 2.74. The number of fused-ring (bicyclic) bond motifs is 1. The zero-order chi connectivity index (χ0) is 14.2. The van der Waals surface area contributed by atoms with E-state index in [4.69, 9.17) is 0 Å². The first-order chi connectivity index (χ1) is 8.90. The first kappa shape index (κ1) is 14.9. The molecule has 106 valence electrons.